The van der Waals surface area contributed by atoms with Crippen LogP contribution in [0.15, 0.2) is 0 Å². The Kier molecular flexibility index (Phi) is 7.54. The van der Waals surface area contributed by atoms with E-state index in [2.05, 4.69) is 16.0 Å². The maximum absolute atomic E-state index is 11.7. The first-order valence-corrected chi connectivity index (χ1v) is 6.07. The highest BCUT2D eigenvalue weighted by molar-refractivity contribution is 5.88. The average molecular weight is 259 g/mol. The largest absolute Gasteiger partial charge is 0.383 e. The zero-order valence-corrected chi connectivity index (χ0v) is 11.9. The molecule has 3 N–H and O–H groups in total. The average Bonchev–Trinajstić information content (AvgIpc) is 2.22. The minimum atomic E-state index is -0.541. The molecule has 0 aromatic rings. The molecule has 0 aliphatic heterocycles. The smallest absolute Gasteiger partial charge is 0.242 e. The third kappa shape index (κ3) is 8.95. The predicted molar refractivity (Wildman–Crippen MR) is 70.2 cm³/mol. The first-order valence-electron chi connectivity index (χ1n) is 6.07. The summed E-state index contributed by atoms with van der Waals surface area (Å²) in [4.78, 5) is 23.2. The fourth-order valence-electron chi connectivity index (χ4n) is 1.21. The molecule has 1 unspecified atom stereocenters. The molecule has 0 rings (SSSR count). The van der Waals surface area contributed by atoms with Gasteiger partial charge in [0.25, 0.3) is 0 Å². The van der Waals surface area contributed by atoms with Crippen molar-refractivity contribution in [1.82, 2.24) is 16.0 Å². The van der Waals surface area contributed by atoms with Crippen molar-refractivity contribution in [2.75, 3.05) is 26.8 Å². The molecule has 6 heteroatoms. The summed E-state index contributed by atoms with van der Waals surface area (Å²) in [6.45, 7) is 8.67. The molecular formula is C12H25N3O3. The summed E-state index contributed by atoms with van der Waals surface area (Å²) in [6, 6.07) is -0.541. The Hall–Kier alpha value is -1.14. The quantitative estimate of drug-likeness (QED) is 0.546. The lowest BCUT2D eigenvalue weighted by Gasteiger charge is -2.23. The van der Waals surface area contributed by atoms with E-state index in [-0.39, 0.29) is 23.9 Å². The minimum absolute atomic E-state index is 0.177. The summed E-state index contributed by atoms with van der Waals surface area (Å²) in [7, 11) is 1.60. The highest BCUT2D eigenvalue weighted by atomic mass is 16.5. The highest BCUT2D eigenvalue weighted by Crippen LogP contribution is 1.99. The monoisotopic (exact) mass is 259 g/mol. The lowest BCUT2D eigenvalue weighted by Crippen LogP contribution is -2.52. The van der Waals surface area contributed by atoms with Gasteiger partial charge in [0.2, 0.25) is 11.8 Å². The molecule has 18 heavy (non-hydrogen) atoms. The standard InChI is InChI=1S/C12H25N3O3/c1-9(11(17)15-12(2,3)4)14-10(16)8-13-6-7-18-5/h9,13H,6-8H2,1-5H3,(H,14,16)(H,15,17). The molecule has 1 atom stereocenters. The summed E-state index contributed by atoms with van der Waals surface area (Å²) in [5, 5.41) is 8.34. The Bertz CT molecular complexity index is 274. The van der Waals surface area contributed by atoms with Crippen LogP contribution in [0, 0.1) is 0 Å². The van der Waals surface area contributed by atoms with Crippen LogP contribution < -0.4 is 16.0 Å². The van der Waals surface area contributed by atoms with Crippen molar-refractivity contribution < 1.29 is 14.3 Å². The Labute approximate surface area is 109 Å². The third-order valence-electron chi connectivity index (χ3n) is 2.04. The van der Waals surface area contributed by atoms with Crippen molar-refractivity contribution in [3.05, 3.63) is 0 Å². The molecule has 6 nitrogen and oxygen atoms in total. The molecule has 0 aromatic carbocycles. The summed E-state index contributed by atoms with van der Waals surface area (Å²) in [6.07, 6.45) is 0. The lowest BCUT2D eigenvalue weighted by molar-refractivity contribution is -0.129. The number of carbonyl (C=O) groups excluding carboxylic acids is 2. The van der Waals surface area contributed by atoms with Crippen molar-refractivity contribution in [3.63, 3.8) is 0 Å². The number of nitrogens with one attached hydrogen (secondary N) is 3. The third-order valence-corrected chi connectivity index (χ3v) is 2.04. The van der Waals surface area contributed by atoms with E-state index in [9.17, 15) is 9.59 Å². The van der Waals surface area contributed by atoms with Gasteiger partial charge in [0, 0.05) is 19.2 Å². The molecule has 0 aromatic heterocycles. The van der Waals surface area contributed by atoms with Crippen LogP contribution in [-0.2, 0) is 14.3 Å². The lowest BCUT2D eigenvalue weighted by atomic mass is 10.1. The van der Waals surface area contributed by atoms with E-state index >= 15 is 0 Å². The Morgan fingerprint density at radius 1 is 1.28 bits per heavy atom. The van der Waals surface area contributed by atoms with Gasteiger partial charge < -0.3 is 20.7 Å². The second-order valence-electron chi connectivity index (χ2n) is 5.20. The molecule has 0 fully saturated rings. The van der Waals surface area contributed by atoms with Gasteiger partial charge in [0.15, 0.2) is 0 Å². The van der Waals surface area contributed by atoms with Crippen molar-refractivity contribution in [2.24, 2.45) is 0 Å². The number of ether oxygens (including phenoxy) is 1. The molecule has 0 aliphatic rings. The van der Waals surface area contributed by atoms with Gasteiger partial charge in [0.1, 0.15) is 6.04 Å². The number of carbonyl (C=O) groups is 2. The van der Waals surface area contributed by atoms with E-state index in [0.717, 1.165) is 0 Å². The van der Waals surface area contributed by atoms with Gasteiger partial charge in [-0.1, -0.05) is 0 Å². The molecule has 0 saturated carbocycles. The van der Waals surface area contributed by atoms with E-state index < -0.39 is 6.04 Å². The van der Waals surface area contributed by atoms with Crippen LogP contribution in [0.1, 0.15) is 27.7 Å². The van der Waals surface area contributed by atoms with E-state index in [0.29, 0.717) is 13.2 Å². The first-order chi connectivity index (χ1) is 8.26. The first kappa shape index (κ1) is 16.9. The summed E-state index contributed by atoms with van der Waals surface area (Å²) in [5.41, 5.74) is -0.299. The van der Waals surface area contributed by atoms with Crippen LogP contribution in [0.3, 0.4) is 0 Å². The van der Waals surface area contributed by atoms with Crippen LogP contribution in [-0.4, -0.2) is 50.2 Å². The van der Waals surface area contributed by atoms with Crippen molar-refractivity contribution in [3.8, 4) is 0 Å². The van der Waals surface area contributed by atoms with E-state index in [1.54, 1.807) is 14.0 Å². The SMILES string of the molecule is COCCNCC(=O)NC(C)C(=O)NC(C)(C)C. The van der Waals surface area contributed by atoms with Crippen molar-refractivity contribution >= 4 is 11.8 Å². The van der Waals surface area contributed by atoms with E-state index in [1.807, 2.05) is 20.8 Å². The van der Waals surface area contributed by atoms with Gasteiger partial charge in [-0.05, 0) is 27.7 Å². The van der Waals surface area contributed by atoms with Crippen LogP contribution >= 0.6 is 0 Å². The molecule has 0 bridgehead atoms. The van der Waals surface area contributed by atoms with Crippen molar-refractivity contribution in [2.45, 2.75) is 39.3 Å². The predicted octanol–water partition coefficient (Wildman–Crippen LogP) is -0.358. The molecule has 0 aliphatic carbocycles. The maximum atomic E-state index is 11.7. The molecule has 0 radical (unpaired) electrons. The summed E-state index contributed by atoms with van der Waals surface area (Å²) >= 11 is 0. The van der Waals surface area contributed by atoms with Gasteiger partial charge in [0.05, 0.1) is 13.2 Å². The topological polar surface area (TPSA) is 79.5 Å². The van der Waals surface area contributed by atoms with Gasteiger partial charge in [-0.2, -0.15) is 0 Å². The number of amides is 2. The van der Waals surface area contributed by atoms with Crippen LogP contribution in [0.5, 0.6) is 0 Å². The summed E-state index contributed by atoms with van der Waals surface area (Å²) < 4.78 is 4.84. The molecule has 2 amide bonds. The molecule has 0 saturated heterocycles. The van der Waals surface area contributed by atoms with Gasteiger partial charge >= 0.3 is 0 Å². The molecular weight excluding hydrogens is 234 g/mol. The van der Waals surface area contributed by atoms with Crippen LogP contribution in [0.2, 0.25) is 0 Å². The normalized spacial score (nSPS) is 12.9. The number of rotatable bonds is 7. The number of hydrogen-bond acceptors (Lipinski definition) is 4. The molecule has 0 heterocycles. The van der Waals surface area contributed by atoms with Gasteiger partial charge in [-0.15, -0.1) is 0 Å². The fourth-order valence-corrected chi connectivity index (χ4v) is 1.21. The Morgan fingerprint density at radius 2 is 1.89 bits per heavy atom. The molecule has 106 valence electrons. The number of methoxy groups -OCH3 is 1. The zero-order chi connectivity index (χ0) is 14.2. The highest BCUT2D eigenvalue weighted by Gasteiger charge is 2.20. The van der Waals surface area contributed by atoms with Gasteiger partial charge in [-0.3, -0.25) is 9.59 Å². The number of hydrogen-bond donors (Lipinski definition) is 3. The molecule has 0 spiro atoms. The second kappa shape index (κ2) is 8.05. The zero-order valence-electron chi connectivity index (χ0n) is 11.9. The van der Waals surface area contributed by atoms with E-state index in [4.69, 9.17) is 4.74 Å². The van der Waals surface area contributed by atoms with E-state index in [1.165, 1.54) is 0 Å². The minimum Gasteiger partial charge on any atom is -0.383 e. The van der Waals surface area contributed by atoms with Crippen LogP contribution in [0.25, 0.3) is 0 Å². The van der Waals surface area contributed by atoms with Crippen LogP contribution in [0.4, 0.5) is 0 Å². The van der Waals surface area contributed by atoms with Crippen molar-refractivity contribution in [1.29, 1.82) is 0 Å². The maximum Gasteiger partial charge on any atom is 0.242 e. The second-order valence-corrected chi connectivity index (χ2v) is 5.20. The Morgan fingerprint density at radius 3 is 2.39 bits per heavy atom. The summed E-state index contributed by atoms with van der Waals surface area (Å²) in [5.74, 6) is -0.393. The van der Waals surface area contributed by atoms with Gasteiger partial charge in [-0.25, -0.2) is 0 Å². The fraction of sp³-hybridized carbons (Fsp3) is 0.833. The Balaban J connectivity index is 3.89.